The van der Waals surface area contributed by atoms with Crippen LogP contribution in [0.15, 0.2) is 60.0 Å². The molecule has 1 aliphatic heterocycles. The molecule has 13 heteroatoms. The van der Waals surface area contributed by atoms with Gasteiger partial charge in [0.1, 0.15) is 18.1 Å². The molecule has 2 heterocycles. The van der Waals surface area contributed by atoms with Crippen molar-refractivity contribution >= 4 is 15.9 Å². The van der Waals surface area contributed by atoms with Gasteiger partial charge in [0.25, 0.3) is 15.9 Å². The first kappa shape index (κ1) is 24.5. The summed E-state index contributed by atoms with van der Waals surface area (Å²) in [5.74, 6) is -0.339. The van der Waals surface area contributed by atoms with Crippen molar-refractivity contribution in [2.45, 2.75) is 11.5 Å². The van der Waals surface area contributed by atoms with Crippen molar-refractivity contribution in [1.29, 1.82) is 0 Å². The SMILES string of the molecule is Cn1ccnc1S(=O)(=O)NCCN1CCOc2ccc(-c3ccc(OC(F)(F)F)cc3)cc2C1=O. The minimum atomic E-state index is -4.79. The third-order valence-electron chi connectivity index (χ3n) is 5.23. The summed E-state index contributed by atoms with van der Waals surface area (Å²) < 4.78 is 75.4. The van der Waals surface area contributed by atoms with Crippen LogP contribution in [-0.2, 0) is 17.1 Å². The smallest absolute Gasteiger partial charge is 0.491 e. The number of carbonyl (C=O) groups is 1. The zero-order chi connectivity index (χ0) is 25.2. The number of nitrogens with one attached hydrogen (secondary N) is 1. The number of nitrogens with zero attached hydrogens (tertiary/aromatic N) is 3. The van der Waals surface area contributed by atoms with Crippen LogP contribution < -0.4 is 14.2 Å². The van der Waals surface area contributed by atoms with Crippen LogP contribution in [0.3, 0.4) is 0 Å². The molecular weight excluding hydrogens is 489 g/mol. The lowest BCUT2D eigenvalue weighted by molar-refractivity contribution is -0.274. The van der Waals surface area contributed by atoms with Crippen LogP contribution in [0.4, 0.5) is 13.2 Å². The molecule has 0 saturated heterocycles. The number of hydrogen-bond acceptors (Lipinski definition) is 6. The molecule has 3 aromatic rings. The van der Waals surface area contributed by atoms with Crippen LogP contribution in [0.2, 0.25) is 0 Å². The molecule has 0 atom stereocenters. The standard InChI is InChI=1S/C22H21F3N4O5S/c1-28-10-8-26-21(28)35(31,32)27-9-11-29-12-13-33-19-7-4-16(14-18(19)20(29)30)15-2-5-17(6-3-15)34-22(23,24)25/h2-8,10,14,27H,9,11-13H2,1H3. The Kier molecular flexibility index (Phi) is 6.72. The average Bonchev–Trinajstić information content (AvgIpc) is 3.17. The van der Waals surface area contributed by atoms with Gasteiger partial charge in [-0.2, -0.15) is 0 Å². The van der Waals surface area contributed by atoms with Crippen LogP contribution in [0.25, 0.3) is 11.1 Å². The molecule has 0 fully saturated rings. The van der Waals surface area contributed by atoms with E-state index in [1.165, 1.54) is 46.1 Å². The van der Waals surface area contributed by atoms with Gasteiger partial charge in [-0.3, -0.25) is 4.79 Å². The number of halogens is 3. The summed E-state index contributed by atoms with van der Waals surface area (Å²) >= 11 is 0. The maximum atomic E-state index is 13.2. The maximum Gasteiger partial charge on any atom is 0.573 e. The highest BCUT2D eigenvalue weighted by Gasteiger charge is 2.31. The largest absolute Gasteiger partial charge is 0.573 e. The van der Waals surface area contributed by atoms with E-state index in [2.05, 4.69) is 14.4 Å². The second-order valence-electron chi connectivity index (χ2n) is 7.64. The van der Waals surface area contributed by atoms with E-state index >= 15 is 0 Å². The van der Waals surface area contributed by atoms with Crippen LogP contribution in [-0.4, -0.2) is 61.4 Å². The molecule has 1 aliphatic rings. The zero-order valence-corrected chi connectivity index (χ0v) is 19.3. The van der Waals surface area contributed by atoms with E-state index in [0.717, 1.165) is 0 Å². The molecule has 0 radical (unpaired) electrons. The van der Waals surface area contributed by atoms with Gasteiger partial charge in [-0.15, -0.1) is 13.2 Å². The first-order valence-electron chi connectivity index (χ1n) is 10.4. The number of aryl methyl sites for hydroxylation is 1. The normalized spacial score (nSPS) is 14.3. The van der Waals surface area contributed by atoms with Crippen LogP contribution in [0.1, 0.15) is 10.4 Å². The summed E-state index contributed by atoms with van der Waals surface area (Å²) in [5.41, 5.74) is 1.44. The molecule has 0 saturated carbocycles. The number of ether oxygens (including phenoxy) is 2. The molecule has 0 bridgehead atoms. The van der Waals surface area contributed by atoms with E-state index in [4.69, 9.17) is 4.74 Å². The lowest BCUT2D eigenvalue weighted by Crippen LogP contribution is -2.39. The first-order valence-corrected chi connectivity index (χ1v) is 11.9. The highest BCUT2D eigenvalue weighted by molar-refractivity contribution is 7.89. The number of hydrogen-bond donors (Lipinski definition) is 1. The number of fused-ring (bicyclic) bond motifs is 1. The summed E-state index contributed by atoms with van der Waals surface area (Å²) in [4.78, 5) is 18.5. The second-order valence-corrected chi connectivity index (χ2v) is 9.30. The number of imidazole rings is 1. The Morgan fingerprint density at radius 3 is 2.51 bits per heavy atom. The molecule has 35 heavy (non-hydrogen) atoms. The zero-order valence-electron chi connectivity index (χ0n) is 18.4. The van der Waals surface area contributed by atoms with Crippen LogP contribution >= 0.6 is 0 Å². The molecule has 0 aliphatic carbocycles. The van der Waals surface area contributed by atoms with Gasteiger partial charge in [0, 0.05) is 32.5 Å². The average molecular weight is 510 g/mol. The Labute approximate surface area is 199 Å². The van der Waals surface area contributed by atoms with E-state index in [1.807, 2.05) is 0 Å². The molecule has 0 spiro atoms. The summed E-state index contributed by atoms with van der Waals surface area (Å²) in [6.45, 7) is 0.528. The fourth-order valence-electron chi connectivity index (χ4n) is 3.59. The lowest BCUT2D eigenvalue weighted by Gasteiger charge is -2.20. The topological polar surface area (TPSA) is 103 Å². The van der Waals surface area contributed by atoms with Crippen molar-refractivity contribution in [2.75, 3.05) is 26.2 Å². The first-order chi connectivity index (χ1) is 16.5. The maximum absolute atomic E-state index is 13.2. The van der Waals surface area contributed by atoms with E-state index in [-0.39, 0.29) is 48.6 Å². The molecule has 4 rings (SSSR count). The number of amides is 1. The van der Waals surface area contributed by atoms with Gasteiger partial charge in [-0.25, -0.2) is 18.1 Å². The van der Waals surface area contributed by atoms with Gasteiger partial charge >= 0.3 is 6.36 Å². The van der Waals surface area contributed by atoms with Crippen LogP contribution in [0.5, 0.6) is 11.5 Å². The van der Waals surface area contributed by atoms with Gasteiger partial charge in [0.2, 0.25) is 5.16 Å². The highest BCUT2D eigenvalue weighted by Crippen LogP contribution is 2.31. The number of benzene rings is 2. The third-order valence-corrected chi connectivity index (χ3v) is 6.69. The van der Waals surface area contributed by atoms with E-state index in [9.17, 15) is 26.4 Å². The van der Waals surface area contributed by atoms with Gasteiger partial charge in [-0.05, 0) is 35.4 Å². The number of rotatable bonds is 7. The van der Waals surface area contributed by atoms with Crippen LogP contribution in [0, 0.1) is 0 Å². The number of sulfonamides is 1. The monoisotopic (exact) mass is 510 g/mol. The Balaban J connectivity index is 1.47. The minimum absolute atomic E-state index is 0.0311. The minimum Gasteiger partial charge on any atom is -0.491 e. The third kappa shape index (κ3) is 5.74. The van der Waals surface area contributed by atoms with Crippen molar-refractivity contribution in [3.05, 3.63) is 60.4 Å². The quantitative estimate of drug-likeness (QED) is 0.525. The molecule has 1 aromatic heterocycles. The summed E-state index contributed by atoms with van der Waals surface area (Å²) in [6, 6.07) is 10.2. The van der Waals surface area contributed by atoms with Gasteiger partial charge in [0.15, 0.2) is 0 Å². The van der Waals surface area contributed by atoms with Crippen molar-refractivity contribution < 1.29 is 35.9 Å². The Hall–Kier alpha value is -3.58. The molecule has 2 aromatic carbocycles. The molecule has 186 valence electrons. The summed E-state index contributed by atoms with van der Waals surface area (Å²) in [5, 5.41) is -0.135. The van der Waals surface area contributed by atoms with Crippen molar-refractivity contribution in [1.82, 2.24) is 19.2 Å². The number of carbonyl (C=O) groups excluding carboxylic acids is 1. The highest BCUT2D eigenvalue weighted by atomic mass is 32.2. The van der Waals surface area contributed by atoms with E-state index in [1.54, 1.807) is 25.2 Å². The fraction of sp³-hybridized carbons (Fsp3) is 0.273. The summed E-state index contributed by atoms with van der Waals surface area (Å²) in [6.07, 6.45) is -1.91. The van der Waals surface area contributed by atoms with Gasteiger partial charge in [-0.1, -0.05) is 18.2 Å². The van der Waals surface area contributed by atoms with E-state index < -0.39 is 16.4 Å². The Bertz CT molecular complexity index is 1320. The number of alkyl halides is 3. The molecule has 1 N–H and O–H groups in total. The van der Waals surface area contributed by atoms with E-state index in [0.29, 0.717) is 16.9 Å². The number of aromatic nitrogens is 2. The van der Waals surface area contributed by atoms with Crippen molar-refractivity contribution in [3.63, 3.8) is 0 Å². The molecule has 0 unspecified atom stereocenters. The second kappa shape index (κ2) is 9.58. The predicted molar refractivity (Wildman–Crippen MR) is 118 cm³/mol. The Morgan fingerprint density at radius 1 is 1.14 bits per heavy atom. The van der Waals surface area contributed by atoms with Crippen molar-refractivity contribution in [3.8, 4) is 22.6 Å². The van der Waals surface area contributed by atoms with Gasteiger partial charge in [0.05, 0.1) is 12.1 Å². The molecule has 1 amide bonds. The predicted octanol–water partition coefficient (Wildman–Crippen LogP) is 2.80. The lowest BCUT2D eigenvalue weighted by atomic mass is 10.0. The fourth-order valence-corrected chi connectivity index (χ4v) is 4.72. The van der Waals surface area contributed by atoms with Gasteiger partial charge < -0.3 is 18.9 Å². The Morgan fingerprint density at radius 2 is 1.86 bits per heavy atom. The summed E-state index contributed by atoms with van der Waals surface area (Å²) in [7, 11) is -2.28. The molecule has 9 nitrogen and oxygen atoms in total. The van der Waals surface area contributed by atoms with Crippen molar-refractivity contribution in [2.24, 2.45) is 7.05 Å². The molecular formula is C22H21F3N4O5S.